The van der Waals surface area contributed by atoms with Gasteiger partial charge in [-0.15, -0.1) is 5.10 Å². The number of rotatable bonds is 5. The average molecular weight is 330 g/mol. The third-order valence-corrected chi connectivity index (χ3v) is 5.09. The standard InChI is InChI=1S/C17H22N4OS/c1-2-14-10-6-7-11-21(14)15(22)12-23-17-18-16(19-20-17)13-8-4-3-5-9-13/h3-5,8-9,14H,2,6-7,10-12H2,1H3,(H,18,19,20)/t14-/m0/s1. The normalized spacial score (nSPS) is 18.1. The predicted molar refractivity (Wildman–Crippen MR) is 92.2 cm³/mol. The van der Waals surface area contributed by atoms with Crippen molar-refractivity contribution in [3.05, 3.63) is 30.3 Å². The molecule has 1 amide bonds. The number of thioether (sulfide) groups is 1. The van der Waals surface area contributed by atoms with Gasteiger partial charge in [0.1, 0.15) is 0 Å². The second-order valence-corrected chi connectivity index (χ2v) is 6.71. The quantitative estimate of drug-likeness (QED) is 0.854. The number of hydrogen-bond donors (Lipinski definition) is 1. The predicted octanol–water partition coefficient (Wildman–Crippen LogP) is 3.35. The number of nitrogens with zero attached hydrogens (tertiary/aromatic N) is 3. The molecule has 0 saturated carbocycles. The van der Waals surface area contributed by atoms with Gasteiger partial charge in [-0.3, -0.25) is 9.89 Å². The van der Waals surface area contributed by atoms with Crippen molar-refractivity contribution in [2.75, 3.05) is 12.3 Å². The summed E-state index contributed by atoms with van der Waals surface area (Å²) in [6, 6.07) is 10.3. The second kappa shape index (κ2) is 7.64. The van der Waals surface area contributed by atoms with E-state index in [2.05, 4.69) is 22.1 Å². The minimum absolute atomic E-state index is 0.201. The first kappa shape index (κ1) is 16.1. The van der Waals surface area contributed by atoms with Crippen molar-refractivity contribution in [3.8, 4) is 11.4 Å². The molecule has 1 atom stereocenters. The highest BCUT2D eigenvalue weighted by Crippen LogP contribution is 2.23. The molecule has 3 rings (SSSR count). The van der Waals surface area contributed by atoms with Crippen molar-refractivity contribution >= 4 is 17.7 Å². The van der Waals surface area contributed by atoms with E-state index >= 15 is 0 Å². The molecule has 1 saturated heterocycles. The molecule has 2 heterocycles. The second-order valence-electron chi connectivity index (χ2n) is 5.77. The molecule has 1 aromatic carbocycles. The lowest BCUT2D eigenvalue weighted by Gasteiger charge is -2.35. The van der Waals surface area contributed by atoms with Crippen LogP contribution >= 0.6 is 11.8 Å². The van der Waals surface area contributed by atoms with Crippen molar-refractivity contribution < 1.29 is 4.79 Å². The zero-order valence-corrected chi connectivity index (χ0v) is 14.2. The molecule has 122 valence electrons. The molecule has 23 heavy (non-hydrogen) atoms. The number of benzene rings is 1. The minimum Gasteiger partial charge on any atom is -0.339 e. The highest BCUT2D eigenvalue weighted by atomic mass is 32.2. The van der Waals surface area contributed by atoms with Gasteiger partial charge in [0.15, 0.2) is 5.82 Å². The van der Waals surface area contributed by atoms with Crippen molar-refractivity contribution in [2.45, 2.75) is 43.8 Å². The number of carbonyl (C=O) groups is 1. The number of piperidine rings is 1. The maximum Gasteiger partial charge on any atom is 0.233 e. The van der Waals surface area contributed by atoms with E-state index in [-0.39, 0.29) is 5.91 Å². The Hall–Kier alpha value is -1.82. The summed E-state index contributed by atoms with van der Waals surface area (Å²) in [5.74, 6) is 1.35. The van der Waals surface area contributed by atoms with E-state index < -0.39 is 0 Å². The van der Waals surface area contributed by atoms with Crippen LogP contribution in [0.5, 0.6) is 0 Å². The zero-order chi connectivity index (χ0) is 16.1. The summed E-state index contributed by atoms with van der Waals surface area (Å²) in [5, 5.41) is 7.77. The van der Waals surface area contributed by atoms with Crippen molar-refractivity contribution in [1.29, 1.82) is 0 Å². The maximum atomic E-state index is 12.5. The van der Waals surface area contributed by atoms with Crippen LogP contribution in [-0.2, 0) is 4.79 Å². The number of aromatic nitrogens is 3. The van der Waals surface area contributed by atoms with E-state index in [4.69, 9.17) is 0 Å². The molecule has 0 spiro atoms. The molecule has 1 aromatic heterocycles. The van der Waals surface area contributed by atoms with E-state index in [1.807, 2.05) is 35.2 Å². The van der Waals surface area contributed by atoms with Gasteiger partial charge in [-0.05, 0) is 25.7 Å². The van der Waals surface area contributed by atoms with Crippen LogP contribution in [0.1, 0.15) is 32.6 Å². The van der Waals surface area contributed by atoms with Gasteiger partial charge in [-0.25, -0.2) is 4.98 Å². The van der Waals surface area contributed by atoms with Gasteiger partial charge in [0.2, 0.25) is 11.1 Å². The lowest BCUT2D eigenvalue weighted by Crippen LogP contribution is -2.44. The molecular weight excluding hydrogens is 308 g/mol. The fraction of sp³-hybridized carbons (Fsp3) is 0.471. The Kier molecular flexibility index (Phi) is 5.33. The van der Waals surface area contributed by atoms with Crippen LogP contribution in [0.15, 0.2) is 35.5 Å². The minimum atomic E-state index is 0.201. The Balaban J connectivity index is 1.58. The molecule has 0 bridgehead atoms. The largest absolute Gasteiger partial charge is 0.339 e. The Labute approximate surface area is 140 Å². The Morgan fingerprint density at radius 1 is 1.35 bits per heavy atom. The van der Waals surface area contributed by atoms with Gasteiger partial charge >= 0.3 is 0 Å². The SMILES string of the molecule is CC[C@H]1CCCCN1C(=O)CSc1n[nH]c(-c2ccccc2)n1. The molecule has 5 nitrogen and oxygen atoms in total. The van der Waals surface area contributed by atoms with Crippen LogP contribution in [-0.4, -0.2) is 44.3 Å². The third-order valence-electron chi connectivity index (χ3n) is 4.26. The van der Waals surface area contributed by atoms with Gasteiger partial charge in [-0.2, -0.15) is 0 Å². The molecule has 1 aliphatic rings. The summed E-state index contributed by atoms with van der Waals surface area (Å²) in [4.78, 5) is 19.0. The van der Waals surface area contributed by atoms with Gasteiger partial charge in [0.05, 0.1) is 5.75 Å². The molecule has 1 fully saturated rings. The Morgan fingerprint density at radius 2 is 2.17 bits per heavy atom. The number of nitrogens with one attached hydrogen (secondary N) is 1. The number of H-pyrrole nitrogens is 1. The van der Waals surface area contributed by atoms with Crippen LogP contribution in [0, 0.1) is 0 Å². The summed E-state index contributed by atoms with van der Waals surface area (Å²) >= 11 is 1.41. The van der Waals surface area contributed by atoms with Gasteiger partial charge in [0, 0.05) is 18.2 Å². The molecular formula is C17H22N4OS. The monoisotopic (exact) mass is 330 g/mol. The number of amides is 1. The summed E-state index contributed by atoms with van der Waals surface area (Å²) in [7, 11) is 0. The first-order chi connectivity index (χ1) is 11.3. The molecule has 1 N–H and O–H groups in total. The lowest BCUT2D eigenvalue weighted by atomic mass is 10.0. The molecule has 0 aliphatic carbocycles. The van der Waals surface area contributed by atoms with Crippen LogP contribution in [0.2, 0.25) is 0 Å². The van der Waals surface area contributed by atoms with Crippen molar-refractivity contribution in [2.24, 2.45) is 0 Å². The smallest absolute Gasteiger partial charge is 0.233 e. The zero-order valence-electron chi connectivity index (χ0n) is 13.4. The Morgan fingerprint density at radius 3 is 2.96 bits per heavy atom. The first-order valence-corrected chi connectivity index (χ1v) is 9.16. The molecule has 1 aliphatic heterocycles. The number of hydrogen-bond acceptors (Lipinski definition) is 4. The highest BCUT2D eigenvalue weighted by Gasteiger charge is 2.25. The van der Waals surface area contributed by atoms with Crippen LogP contribution in [0.4, 0.5) is 0 Å². The van der Waals surface area contributed by atoms with E-state index in [0.29, 0.717) is 17.0 Å². The molecule has 0 unspecified atom stereocenters. The third kappa shape index (κ3) is 3.93. The van der Waals surface area contributed by atoms with Crippen molar-refractivity contribution in [3.63, 3.8) is 0 Å². The highest BCUT2D eigenvalue weighted by molar-refractivity contribution is 7.99. The van der Waals surface area contributed by atoms with Crippen molar-refractivity contribution in [1.82, 2.24) is 20.1 Å². The molecule has 6 heteroatoms. The van der Waals surface area contributed by atoms with E-state index in [1.165, 1.54) is 18.2 Å². The Bertz CT molecular complexity index is 643. The summed E-state index contributed by atoms with van der Waals surface area (Å²) in [5.41, 5.74) is 1.00. The van der Waals surface area contributed by atoms with Gasteiger partial charge < -0.3 is 4.90 Å². The van der Waals surface area contributed by atoms with E-state index in [1.54, 1.807) is 0 Å². The fourth-order valence-electron chi connectivity index (χ4n) is 3.00. The van der Waals surface area contributed by atoms with Crippen LogP contribution < -0.4 is 0 Å². The fourth-order valence-corrected chi connectivity index (χ4v) is 3.68. The van der Waals surface area contributed by atoms with Gasteiger partial charge in [0.25, 0.3) is 0 Å². The van der Waals surface area contributed by atoms with Crippen LogP contribution in [0.25, 0.3) is 11.4 Å². The molecule has 2 aromatic rings. The van der Waals surface area contributed by atoms with E-state index in [9.17, 15) is 4.79 Å². The number of carbonyl (C=O) groups excluding carboxylic acids is 1. The average Bonchev–Trinajstić information content (AvgIpc) is 3.09. The number of likely N-dealkylation sites (tertiary alicyclic amines) is 1. The van der Waals surface area contributed by atoms with Crippen LogP contribution in [0.3, 0.4) is 0 Å². The lowest BCUT2D eigenvalue weighted by molar-refractivity contribution is -0.132. The van der Waals surface area contributed by atoms with E-state index in [0.717, 1.165) is 37.2 Å². The maximum absolute atomic E-state index is 12.5. The molecule has 0 radical (unpaired) electrons. The summed E-state index contributed by atoms with van der Waals surface area (Å²) in [6.07, 6.45) is 4.52. The number of aromatic amines is 1. The summed E-state index contributed by atoms with van der Waals surface area (Å²) < 4.78 is 0. The summed E-state index contributed by atoms with van der Waals surface area (Å²) in [6.45, 7) is 3.05. The topological polar surface area (TPSA) is 61.9 Å². The van der Waals surface area contributed by atoms with Gasteiger partial charge in [-0.1, -0.05) is 49.0 Å². The first-order valence-electron chi connectivity index (χ1n) is 8.18.